The van der Waals surface area contributed by atoms with Gasteiger partial charge in [0.15, 0.2) is 5.50 Å². The average molecular weight is 661 g/mol. The number of hydrogen-bond donors (Lipinski definition) is 2. The molecule has 0 saturated carbocycles. The van der Waals surface area contributed by atoms with Crippen molar-refractivity contribution in [2.75, 3.05) is 5.32 Å². The van der Waals surface area contributed by atoms with Gasteiger partial charge in [0, 0.05) is 42.5 Å². The summed E-state index contributed by atoms with van der Waals surface area (Å²) >= 11 is 18.1. The Morgan fingerprint density at radius 2 is 1.50 bits per heavy atom. The van der Waals surface area contributed by atoms with Gasteiger partial charge in [-0.1, -0.05) is 59.1 Å². The minimum atomic E-state index is -1.67. The van der Waals surface area contributed by atoms with E-state index in [-0.39, 0.29) is 5.56 Å². The normalized spacial score (nSPS) is 13.9. The summed E-state index contributed by atoms with van der Waals surface area (Å²) in [4.78, 5) is 23.3. The van der Waals surface area contributed by atoms with Gasteiger partial charge in [0.2, 0.25) is 20.8 Å². The molecule has 0 radical (unpaired) electrons. The summed E-state index contributed by atoms with van der Waals surface area (Å²) in [6.07, 6.45) is 0. The second-order valence-corrected chi connectivity index (χ2v) is 12.1. The number of nitrogens with zero attached hydrogens (tertiary/aromatic N) is 2. The molecule has 8 nitrogen and oxygen atoms in total. The van der Waals surface area contributed by atoms with Crippen molar-refractivity contribution in [3.8, 4) is 11.4 Å². The highest BCUT2D eigenvalue weighted by Gasteiger charge is 2.24. The molecule has 0 aliphatic carbocycles. The van der Waals surface area contributed by atoms with Gasteiger partial charge in [0.25, 0.3) is 5.56 Å². The van der Waals surface area contributed by atoms with E-state index in [4.69, 9.17) is 47.8 Å². The van der Waals surface area contributed by atoms with Crippen LogP contribution in [0.1, 0.15) is 28.1 Å². The van der Waals surface area contributed by atoms with Crippen LogP contribution >= 0.6 is 56.2 Å². The Labute approximate surface area is 254 Å². The molecule has 208 valence electrons. The predicted molar refractivity (Wildman–Crippen MR) is 163 cm³/mol. The zero-order chi connectivity index (χ0) is 29.0. The first kappa shape index (κ1) is 30.2. The van der Waals surface area contributed by atoms with Gasteiger partial charge in [0.05, 0.1) is 5.56 Å². The van der Waals surface area contributed by atoms with Crippen LogP contribution < -0.4 is 10.9 Å². The molecule has 1 aliphatic heterocycles. The monoisotopic (exact) mass is 658 g/mol. The zero-order valence-electron chi connectivity index (χ0n) is 20.7. The van der Waals surface area contributed by atoms with E-state index in [2.05, 4.69) is 41.6 Å². The lowest BCUT2D eigenvalue weighted by Gasteiger charge is -2.17. The quantitative estimate of drug-likeness (QED) is 0.111. The highest BCUT2D eigenvalue weighted by Crippen LogP contribution is 2.36. The van der Waals surface area contributed by atoms with Crippen LogP contribution in [0.4, 0.5) is 5.88 Å². The number of rotatable bonds is 2. The SMILES string of the molecule is Cc1cc2c(=O)[nH]c(-c3cccc(Cl)c3)nc2o1.Cc1cc2c(o1)NC(c1cccc(Cl)c1)=NC2Cl.O=S(Cl)Cl. The predicted octanol–water partition coefficient (Wildman–Crippen LogP) is 8.54. The first-order valence-corrected chi connectivity index (χ1v) is 15.4. The maximum atomic E-state index is 11.9. The molecule has 0 saturated heterocycles. The minimum Gasteiger partial charge on any atom is -0.445 e. The van der Waals surface area contributed by atoms with Crippen molar-refractivity contribution in [1.82, 2.24) is 9.97 Å². The lowest BCUT2D eigenvalue weighted by Crippen LogP contribution is -2.18. The minimum absolute atomic E-state index is 0.216. The van der Waals surface area contributed by atoms with Crippen LogP contribution in [0.5, 0.6) is 0 Å². The van der Waals surface area contributed by atoms with Gasteiger partial charge in [-0.25, -0.2) is 9.20 Å². The summed E-state index contributed by atoms with van der Waals surface area (Å²) in [6, 6.07) is 18.1. The van der Waals surface area contributed by atoms with Crippen molar-refractivity contribution in [3.05, 3.63) is 104 Å². The third-order valence-corrected chi connectivity index (χ3v) is 6.14. The molecule has 6 rings (SSSR count). The number of halogens is 5. The second-order valence-electron chi connectivity index (χ2n) is 8.28. The van der Waals surface area contributed by atoms with E-state index in [1.807, 2.05) is 43.3 Å². The zero-order valence-corrected chi connectivity index (χ0v) is 25.3. The van der Waals surface area contributed by atoms with Gasteiger partial charge in [-0.3, -0.25) is 4.79 Å². The van der Waals surface area contributed by atoms with Crippen LogP contribution in [0.15, 0.2) is 79.3 Å². The van der Waals surface area contributed by atoms with Crippen molar-refractivity contribution in [3.63, 3.8) is 0 Å². The maximum absolute atomic E-state index is 11.9. The van der Waals surface area contributed by atoms with Gasteiger partial charge in [-0.05, 0) is 50.2 Å². The van der Waals surface area contributed by atoms with Crippen LogP contribution in [0, 0.1) is 13.8 Å². The van der Waals surface area contributed by atoms with Gasteiger partial charge in [0.1, 0.15) is 28.6 Å². The second kappa shape index (κ2) is 13.2. The first-order chi connectivity index (χ1) is 19.0. The number of aryl methyl sites for hydroxylation is 2. The van der Waals surface area contributed by atoms with E-state index in [9.17, 15) is 4.79 Å². The Balaban J connectivity index is 0.000000164. The Hall–Kier alpha value is -2.79. The highest BCUT2D eigenvalue weighted by atomic mass is 36.0. The van der Waals surface area contributed by atoms with E-state index in [1.54, 1.807) is 31.2 Å². The fraction of sp³-hybridized carbons (Fsp3) is 0.115. The molecule has 14 heteroatoms. The average Bonchev–Trinajstić information content (AvgIpc) is 3.46. The van der Waals surface area contributed by atoms with E-state index in [0.29, 0.717) is 44.4 Å². The molecule has 1 unspecified atom stereocenters. The number of furan rings is 2. The smallest absolute Gasteiger partial charge is 0.262 e. The number of aromatic amines is 1. The van der Waals surface area contributed by atoms with E-state index in [1.165, 1.54) is 0 Å². The fourth-order valence-electron chi connectivity index (χ4n) is 3.74. The largest absolute Gasteiger partial charge is 0.445 e. The molecule has 0 spiro atoms. The number of aromatic nitrogens is 2. The topological polar surface area (TPSA) is 113 Å². The summed E-state index contributed by atoms with van der Waals surface area (Å²) in [6.45, 7) is 3.66. The standard InChI is InChI=1S/C13H10Cl2N2O.C13H9ClN2O2.Cl2OS/c1-7-5-10-11(15)16-12(17-13(10)18-7)8-3-2-4-9(14)6-8;1-7-5-10-12(17)15-11(16-13(10)18-7)8-3-2-4-9(14)6-8;1-4(2)3/h2-6,11H,1H3,(H,16,17);2-6H,1H3,(H,15,16,17);. The summed E-state index contributed by atoms with van der Waals surface area (Å²) in [5, 5.41) is 4.83. The molecule has 1 aliphatic rings. The molecule has 0 bridgehead atoms. The number of H-pyrrole nitrogens is 1. The number of amidine groups is 1. The lowest BCUT2D eigenvalue weighted by molar-refractivity contribution is 0.549. The lowest BCUT2D eigenvalue weighted by atomic mass is 10.1. The third-order valence-electron chi connectivity index (χ3n) is 5.34. The number of nitrogens with one attached hydrogen (secondary N) is 2. The number of benzene rings is 2. The fourth-order valence-corrected chi connectivity index (χ4v) is 4.38. The Bertz CT molecular complexity index is 1780. The summed E-state index contributed by atoms with van der Waals surface area (Å²) in [5.41, 5.74) is 2.18. The molecule has 0 fully saturated rings. The Morgan fingerprint density at radius 3 is 2.15 bits per heavy atom. The Morgan fingerprint density at radius 1 is 0.900 bits per heavy atom. The highest BCUT2D eigenvalue weighted by molar-refractivity contribution is 8.26. The van der Waals surface area contributed by atoms with Gasteiger partial charge < -0.3 is 19.1 Å². The molecule has 40 heavy (non-hydrogen) atoms. The van der Waals surface area contributed by atoms with E-state index < -0.39 is 14.7 Å². The van der Waals surface area contributed by atoms with Crippen molar-refractivity contribution >= 4 is 88.2 Å². The molecule has 2 N–H and O–H groups in total. The Kier molecular flexibility index (Phi) is 9.99. The van der Waals surface area contributed by atoms with Crippen LogP contribution in [-0.2, 0) is 9.23 Å². The summed E-state index contributed by atoms with van der Waals surface area (Å²) in [5.74, 6) is 3.23. The van der Waals surface area contributed by atoms with Gasteiger partial charge in [-0.2, -0.15) is 4.98 Å². The molecule has 4 heterocycles. The number of alkyl halides is 1. The molecule has 3 aromatic heterocycles. The van der Waals surface area contributed by atoms with Crippen molar-refractivity contribution in [2.24, 2.45) is 4.99 Å². The van der Waals surface area contributed by atoms with Crippen molar-refractivity contribution < 1.29 is 13.0 Å². The van der Waals surface area contributed by atoms with Crippen LogP contribution in [0.3, 0.4) is 0 Å². The molecule has 0 amide bonds. The van der Waals surface area contributed by atoms with Crippen LogP contribution in [0.25, 0.3) is 22.5 Å². The maximum Gasteiger partial charge on any atom is 0.262 e. The van der Waals surface area contributed by atoms with Crippen molar-refractivity contribution in [1.29, 1.82) is 0 Å². The molecular weight excluding hydrogens is 642 g/mol. The number of hydrogen-bond acceptors (Lipinski definition) is 7. The van der Waals surface area contributed by atoms with Crippen LogP contribution in [0.2, 0.25) is 10.0 Å². The van der Waals surface area contributed by atoms with Crippen LogP contribution in [-0.4, -0.2) is 20.0 Å². The van der Waals surface area contributed by atoms with E-state index >= 15 is 0 Å². The summed E-state index contributed by atoms with van der Waals surface area (Å²) < 4.78 is 20.0. The molecule has 2 aromatic carbocycles. The first-order valence-electron chi connectivity index (χ1n) is 11.4. The van der Waals surface area contributed by atoms with Crippen molar-refractivity contribution in [2.45, 2.75) is 19.3 Å². The molecular formula is C26H19Cl5N4O4S. The number of fused-ring (bicyclic) bond motifs is 2. The van der Waals surface area contributed by atoms with Gasteiger partial charge >= 0.3 is 0 Å². The molecule has 5 aromatic rings. The number of aliphatic imine (C=N–C) groups is 1. The van der Waals surface area contributed by atoms with Gasteiger partial charge in [-0.15, -0.1) is 0 Å². The van der Waals surface area contributed by atoms with E-state index in [0.717, 1.165) is 22.5 Å². The molecule has 1 atom stereocenters. The number of anilines is 1. The summed E-state index contributed by atoms with van der Waals surface area (Å²) in [7, 11) is 7.36. The third kappa shape index (κ3) is 7.69.